The summed E-state index contributed by atoms with van der Waals surface area (Å²) in [6.45, 7) is 2.99. The average Bonchev–Trinajstić information content (AvgIpc) is 3.39. The molecule has 4 rings (SSSR count). The lowest BCUT2D eigenvalue weighted by Gasteiger charge is -2.03. The van der Waals surface area contributed by atoms with Gasteiger partial charge >= 0.3 is 0 Å². The van der Waals surface area contributed by atoms with Crippen molar-refractivity contribution in [3.05, 3.63) is 94.4 Å². The maximum Gasteiger partial charge on any atom is 0.263 e. The van der Waals surface area contributed by atoms with Crippen LogP contribution in [0.5, 0.6) is 0 Å². The van der Waals surface area contributed by atoms with E-state index in [1.54, 1.807) is 12.1 Å². The van der Waals surface area contributed by atoms with Crippen molar-refractivity contribution in [2.24, 2.45) is 0 Å². The summed E-state index contributed by atoms with van der Waals surface area (Å²) in [7, 11) is 0. The highest BCUT2D eigenvalue weighted by atomic mass is 32.1. The summed E-state index contributed by atoms with van der Waals surface area (Å²) in [6, 6.07) is 18.2. The number of rotatable bonds is 7. The van der Waals surface area contributed by atoms with Crippen molar-refractivity contribution in [2.45, 2.75) is 26.4 Å². The van der Waals surface area contributed by atoms with E-state index in [4.69, 9.17) is 0 Å². The van der Waals surface area contributed by atoms with E-state index < -0.39 is 0 Å². The summed E-state index contributed by atoms with van der Waals surface area (Å²) in [5.41, 5.74) is 3.54. The number of hydrogen-bond acceptors (Lipinski definition) is 4. The highest BCUT2D eigenvalue weighted by Crippen LogP contribution is 2.26. The molecule has 1 amide bonds. The molecular formula is C23H21FN4OS. The number of nitrogens with one attached hydrogen (secondary N) is 1. The smallest absolute Gasteiger partial charge is 0.263 e. The molecule has 0 radical (unpaired) electrons. The first kappa shape index (κ1) is 20.0. The van der Waals surface area contributed by atoms with Crippen LogP contribution in [-0.2, 0) is 19.5 Å². The lowest BCUT2D eigenvalue weighted by molar-refractivity contribution is 0.0954. The Bertz CT molecular complexity index is 1140. The van der Waals surface area contributed by atoms with Crippen LogP contribution in [0.15, 0.2) is 66.9 Å². The number of amides is 1. The Morgan fingerprint density at radius 2 is 1.83 bits per heavy atom. The van der Waals surface area contributed by atoms with E-state index in [0.717, 1.165) is 28.2 Å². The van der Waals surface area contributed by atoms with E-state index in [0.29, 0.717) is 23.7 Å². The number of carbonyl (C=O) groups is 1. The number of thiazole rings is 1. The van der Waals surface area contributed by atoms with Gasteiger partial charge in [-0.15, -0.1) is 11.3 Å². The van der Waals surface area contributed by atoms with Gasteiger partial charge in [-0.1, -0.05) is 42.5 Å². The predicted molar refractivity (Wildman–Crippen MR) is 116 cm³/mol. The third-order valence-corrected chi connectivity index (χ3v) is 5.88. The molecule has 4 aromatic rings. The third-order valence-electron chi connectivity index (χ3n) is 4.70. The third kappa shape index (κ3) is 4.80. The molecule has 2 aromatic carbocycles. The second-order valence-electron chi connectivity index (χ2n) is 6.94. The van der Waals surface area contributed by atoms with Gasteiger partial charge in [-0.2, -0.15) is 5.10 Å². The van der Waals surface area contributed by atoms with Crippen molar-refractivity contribution in [1.29, 1.82) is 0 Å². The Balaban J connectivity index is 1.40. The van der Waals surface area contributed by atoms with Gasteiger partial charge in [0.25, 0.3) is 5.91 Å². The van der Waals surface area contributed by atoms with E-state index in [2.05, 4.69) is 15.4 Å². The van der Waals surface area contributed by atoms with Crippen LogP contribution in [0, 0.1) is 12.7 Å². The van der Waals surface area contributed by atoms with E-state index in [1.807, 2.05) is 54.2 Å². The van der Waals surface area contributed by atoms with Crippen LogP contribution in [0.2, 0.25) is 0 Å². The lowest BCUT2D eigenvalue weighted by Crippen LogP contribution is -2.22. The van der Waals surface area contributed by atoms with Gasteiger partial charge in [0.15, 0.2) is 0 Å². The number of benzene rings is 2. The molecule has 0 aliphatic heterocycles. The maximum atomic E-state index is 13.0. The normalized spacial score (nSPS) is 10.9. The molecule has 0 unspecified atom stereocenters. The van der Waals surface area contributed by atoms with Crippen molar-refractivity contribution in [1.82, 2.24) is 20.1 Å². The number of aryl methyl sites for hydroxylation is 3. The fourth-order valence-electron chi connectivity index (χ4n) is 3.07. The average molecular weight is 421 g/mol. The molecule has 152 valence electrons. The predicted octanol–water partition coefficient (Wildman–Crippen LogP) is 4.63. The summed E-state index contributed by atoms with van der Waals surface area (Å²) >= 11 is 1.34. The Hall–Kier alpha value is -3.32. The van der Waals surface area contributed by atoms with Crippen molar-refractivity contribution in [2.75, 3.05) is 0 Å². The van der Waals surface area contributed by atoms with Crippen LogP contribution in [0.4, 0.5) is 4.39 Å². The van der Waals surface area contributed by atoms with Crippen LogP contribution >= 0.6 is 11.3 Å². The highest BCUT2D eigenvalue weighted by molar-refractivity contribution is 7.17. The van der Waals surface area contributed by atoms with Gasteiger partial charge in [0.05, 0.1) is 5.69 Å². The van der Waals surface area contributed by atoms with Crippen LogP contribution in [0.3, 0.4) is 0 Å². The fraction of sp³-hybridized carbons (Fsp3) is 0.174. The minimum atomic E-state index is -0.233. The zero-order valence-corrected chi connectivity index (χ0v) is 17.3. The Labute approximate surface area is 178 Å². The first-order chi connectivity index (χ1) is 14.6. The second kappa shape index (κ2) is 9.00. The molecule has 0 spiro atoms. The van der Waals surface area contributed by atoms with Gasteiger partial charge in [-0.05, 0) is 42.7 Å². The molecule has 0 fully saturated rings. The Kier molecular flexibility index (Phi) is 5.99. The second-order valence-corrected chi connectivity index (χ2v) is 7.94. The summed E-state index contributed by atoms with van der Waals surface area (Å²) in [4.78, 5) is 17.7. The monoisotopic (exact) mass is 420 g/mol. The van der Waals surface area contributed by atoms with E-state index >= 15 is 0 Å². The number of halogens is 1. The molecular weight excluding hydrogens is 399 g/mol. The van der Waals surface area contributed by atoms with Gasteiger partial charge < -0.3 is 5.32 Å². The summed E-state index contributed by atoms with van der Waals surface area (Å²) < 4.78 is 14.9. The lowest BCUT2D eigenvalue weighted by atomic mass is 10.1. The quantitative estimate of drug-likeness (QED) is 0.474. The molecule has 2 heterocycles. The molecule has 0 saturated carbocycles. The van der Waals surface area contributed by atoms with E-state index in [-0.39, 0.29) is 11.7 Å². The number of carbonyl (C=O) groups excluding carboxylic acids is 1. The molecule has 0 bridgehead atoms. The first-order valence-corrected chi connectivity index (χ1v) is 10.5. The molecule has 0 saturated heterocycles. The van der Waals surface area contributed by atoms with Crippen molar-refractivity contribution >= 4 is 17.2 Å². The standard InChI is InChI=1S/C23H21FN4OS/c1-16-21(22(29)25-15-18-5-3-2-4-6-18)30-23(26-16)20-12-14-28(27-20)13-11-17-7-9-19(24)10-8-17/h2-10,12,14H,11,13,15H2,1H3,(H,25,29). The highest BCUT2D eigenvalue weighted by Gasteiger charge is 2.17. The number of aromatic nitrogens is 3. The van der Waals surface area contributed by atoms with E-state index in [1.165, 1.54) is 23.5 Å². The maximum absolute atomic E-state index is 13.0. The van der Waals surface area contributed by atoms with Gasteiger partial charge in [-0.25, -0.2) is 9.37 Å². The van der Waals surface area contributed by atoms with Crippen LogP contribution in [0.1, 0.15) is 26.5 Å². The fourth-order valence-corrected chi connectivity index (χ4v) is 4.02. The molecule has 7 heteroatoms. The van der Waals surface area contributed by atoms with Gasteiger partial charge in [0.2, 0.25) is 0 Å². The summed E-state index contributed by atoms with van der Waals surface area (Å²) in [6.07, 6.45) is 2.65. The van der Waals surface area contributed by atoms with Crippen LogP contribution < -0.4 is 5.32 Å². The molecule has 0 aliphatic rings. The van der Waals surface area contributed by atoms with Gasteiger partial charge in [0, 0.05) is 19.3 Å². The van der Waals surface area contributed by atoms with Gasteiger partial charge in [0.1, 0.15) is 21.4 Å². The molecule has 0 atom stereocenters. The molecule has 5 nitrogen and oxygen atoms in total. The van der Waals surface area contributed by atoms with Crippen molar-refractivity contribution in [3.8, 4) is 10.7 Å². The molecule has 0 aliphatic carbocycles. The first-order valence-electron chi connectivity index (χ1n) is 9.66. The minimum Gasteiger partial charge on any atom is -0.347 e. The summed E-state index contributed by atoms with van der Waals surface area (Å²) in [5, 5.41) is 8.25. The zero-order valence-electron chi connectivity index (χ0n) is 16.5. The topological polar surface area (TPSA) is 59.8 Å². The largest absolute Gasteiger partial charge is 0.347 e. The molecule has 2 aromatic heterocycles. The van der Waals surface area contributed by atoms with Crippen LogP contribution in [-0.4, -0.2) is 20.7 Å². The van der Waals surface area contributed by atoms with Crippen molar-refractivity contribution in [3.63, 3.8) is 0 Å². The number of nitrogens with zero attached hydrogens (tertiary/aromatic N) is 3. The SMILES string of the molecule is Cc1nc(-c2ccn(CCc3ccc(F)cc3)n2)sc1C(=O)NCc1ccccc1. The Morgan fingerprint density at radius 3 is 2.60 bits per heavy atom. The van der Waals surface area contributed by atoms with Gasteiger partial charge in [-0.3, -0.25) is 9.48 Å². The Morgan fingerprint density at radius 1 is 1.07 bits per heavy atom. The van der Waals surface area contributed by atoms with Crippen LogP contribution in [0.25, 0.3) is 10.7 Å². The summed E-state index contributed by atoms with van der Waals surface area (Å²) in [5.74, 6) is -0.362. The number of hydrogen-bond donors (Lipinski definition) is 1. The van der Waals surface area contributed by atoms with Crippen molar-refractivity contribution < 1.29 is 9.18 Å². The van der Waals surface area contributed by atoms with E-state index in [9.17, 15) is 9.18 Å². The zero-order chi connectivity index (χ0) is 20.9. The molecule has 30 heavy (non-hydrogen) atoms. The minimum absolute atomic E-state index is 0.129. The molecule has 1 N–H and O–H groups in total.